The summed E-state index contributed by atoms with van der Waals surface area (Å²) in [4.78, 5) is 13.3. The van der Waals surface area contributed by atoms with Crippen LogP contribution in [0.1, 0.15) is 48.5 Å². The van der Waals surface area contributed by atoms with Crippen molar-refractivity contribution in [3.63, 3.8) is 0 Å². The van der Waals surface area contributed by atoms with Gasteiger partial charge in [0.25, 0.3) is 0 Å². The number of allylic oxidation sites excluding steroid dienone is 5. The first-order chi connectivity index (χ1) is 12.0. The molecule has 1 atom stereocenters. The van der Waals surface area contributed by atoms with Crippen molar-refractivity contribution in [2.45, 2.75) is 48.5 Å². The lowest BCUT2D eigenvalue weighted by molar-refractivity contribution is -0.120. The summed E-state index contributed by atoms with van der Waals surface area (Å²) in [7, 11) is 0. The molecule has 1 unspecified atom stereocenters. The van der Waals surface area contributed by atoms with Crippen molar-refractivity contribution in [2.24, 2.45) is 16.7 Å². The molecule has 0 saturated carbocycles. The molecule has 2 rings (SSSR count). The van der Waals surface area contributed by atoms with Crippen LogP contribution in [0.25, 0.3) is 0 Å². The summed E-state index contributed by atoms with van der Waals surface area (Å²) in [6.45, 7) is 15.0. The van der Waals surface area contributed by atoms with Crippen molar-refractivity contribution in [1.82, 2.24) is 0 Å². The maximum atomic E-state index is 13.3. The molecule has 0 amide bonds. The van der Waals surface area contributed by atoms with Crippen LogP contribution in [0.3, 0.4) is 0 Å². The fraction of sp³-hybridized carbons (Fsp3) is 0.435. The zero-order valence-corrected chi connectivity index (χ0v) is 17.1. The standard InChI is InChI=1S/C23H32N2O/c1-8-16-17(22(2,3)4)13-15(21(26)20(16)23(5,6)7)14-25-19-12-10-9-11-18(19)24/h8-14,20,25H,24H2,1-7H3. The number of ketones is 1. The maximum Gasteiger partial charge on any atom is 0.172 e. The summed E-state index contributed by atoms with van der Waals surface area (Å²) in [6, 6.07) is 7.57. The fourth-order valence-corrected chi connectivity index (χ4v) is 3.50. The molecular weight excluding hydrogens is 320 g/mol. The van der Waals surface area contributed by atoms with Crippen LogP contribution in [-0.4, -0.2) is 5.78 Å². The molecule has 1 aromatic carbocycles. The summed E-state index contributed by atoms with van der Waals surface area (Å²) < 4.78 is 0. The second-order valence-corrected chi connectivity index (χ2v) is 9.05. The minimum absolute atomic E-state index is 0.0447. The summed E-state index contributed by atoms with van der Waals surface area (Å²) in [5, 5.41) is 3.22. The predicted molar refractivity (Wildman–Crippen MR) is 112 cm³/mol. The van der Waals surface area contributed by atoms with Crippen LogP contribution >= 0.6 is 0 Å². The molecular formula is C23H32N2O. The Morgan fingerprint density at radius 3 is 2.19 bits per heavy atom. The monoisotopic (exact) mass is 352 g/mol. The Balaban J connectivity index is 2.56. The molecule has 3 N–H and O–H groups in total. The van der Waals surface area contributed by atoms with Crippen molar-refractivity contribution in [3.8, 4) is 0 Å². The number of hydrogen-bond acceptors (Lipinski definition) is 3. The van der Waals surface area contributed by atoms with E-state index in [4.69, 9.17) is 5.73 Å². The predicted octanol–water partition coefficient (Wildman–Crippen LogP) is 5.73. The third-order valence-corrected chi connectivity index (χ3v) is 4.80. The van der Waals surface area contributed by atoms with Gasteiger partial charge in [0.15, 0.2) is 5.78 Å². The number of nitrogen functional groups attached to an aromatic ring is 1. The van der Waals surface area contributed by atoms with Crippen molar-refractivity contribution < 1.29 is 4.79 Å². The van der Waals surface area contributed by atoms with Gasteiger partial charge in [-0.25, -0.2) is 0 Å². The molecule has 0 saturated heterocycles. The molecule has 0 aromatic heterocycles. The molecule has 1 aromatic rings. The molecule has 0 bridgehead atoms. The van der Waals surface area contributed by atoms with Crippen LogP contribution in [0, 0.1) is 16.7 Å². The normalized spacial score (nSPS) is 21.9. The third-order valence-electron chi connectivity index (χ3n) is 4.80. The van der Waals surface area contributed by atoms with Crippen molar-refractivity contribution in [3.05, 3.63) is 59.3 Å². The maximum absolute atomic E-state index is 13.3. The number of anilines is 2. The summed E-state index contributed by atoms with van der Waals surface area (Å²) in [6.07, 6.45) is 5.93. The lowest BCUT2D eigenvalue weighted by atomic mass is 9.63. The highest BCUT2D eigenvalue weighted by Crippen LogP contribution is 2.46. The van der Waals surface area contributed by atoms with Crippen LogP contribution in [0.15, 0.2) is 59.3 Å². The highest BCUT2D eigenvalue weighted by atomic mass is 16.1. The lowest BCUT2D eigenvalue weighted by Gasteiger charge is -2.40. The first-order valence-electron chi connectivity index (χ1n) is 9.21. The molecule has 26 heavy (non-hydrogen) atoms. The van der Waals surface area contributed by atoms with Crippen molar-refractivity contribution in [1.29, 1.82) is 0 Å². The molecule has 0 spiro atoms. The van der Waals surface area contributed by atoms with Gasteiger partial charge in [-0.2, -0.15) is 0 Å². The molecule has 1 aliphatic rings. The quantitative estimate of drug-likeness (QED) is 0.528. The van der Waals surface area contributed by atoms with Gasteiger partial charge in [0.05, 0.1) is 17.3 Å². The van der Waals surface area contributed by atoms with E-state index in [2.05, 4.69) is 52.9 Å². The molecule has 1 aliphatic carbocycles. The number of Topliss-reactive ketones (excluding diaryl/α,β-unsaturated/α-hetero) is 1. The smallest absolute Gasteiger partial charge is 0.172 e. The number of nitrogens with two attached hydrogens (primary N) is 1. The van der Waals surface area contributed by atoms with Crippen LogP contribution < -0.4 is 11.1 Å². The summed E-state index contributed by atoms with van der Waals surface area (Å²) in [5.74, 6) is -0.00602. The minimum Gasteiger partial charge on any atom is -0.397 e. The van der Waals surface area contributed by atoms with E-state index in [9.17, 15) is 4.79 Å². The largest absolute Gasteiger partial charge is 0.397 e. The molecule has 0 heterocycles. The SMILES string of the molecule is CC=C1C(C(C)(C)C)=CC(=CNc2ccccc2N)C(=O)C1C(C)(C)C. The van der Waals surface area contributed by atoms with E-state index in [1.54, 1.807) is 6.20 Å². The average molecular weight is 353 g/mol. The van der Waals surface area contributed by atoms with E-state index in [0.29, 0.717) is 11.3 Å². The van der Waals surface area contributed by atoms with Gasteiger partial charge in [-0.3, -0.25) is 4.79 Å². The number of nitrogens with one attached hydrogen (secondary N) is 1. The Bertz CT molecular complexity index is 783. The number of carbonyl (C=O) groups is 1. The molecule has 0 fully saturated rings. The molecule has 3 nitrogen and oxygen atoms in total. The molecule has 0 radical (unpaired) electrons. The average Bonchev–Trinajstić information content (AvgIpc) is 2.52. The first kappa shape index (κ1) is 20.0. The topological polar surface area (TPSA) is 55.1 Å². The molecule has 0 aliphatic heterocycles. The second kappa shape index (κ2) is 7.14. The van der Waals surface area contributed by atoms with Gasteiger partial charge in [-0.05, 0) is 47.1 Å². The van der Waals surface area contributed by atoms with Crippen molar-refractivity contribution in [2.75, 3.05) is 11.1 Å². The van der Waals surface area contributed by atoms with Gasteiger partial charge in [0.2, 0.25) is 0 Å². The number of para-hydroxylation sites is 2. The highest BCUT2D eigenvalue weighted by molar-refractivity contribution is 6.04. The highest BCUT2D eigenvalue weighted by Gasteiger charge is 2.41. The third kappa shape index (κ3) is 4.09. The Morgan fingerprint density at radius 2 is 1.69 bits per heavy atom. The van der Waals surface area contributed by atoms with E-state index in [1.165, 1.54) is 5.57 Å². The molecule has 3 heteroatoms. The summed E-state index contributed by atoms with van der Waals surface area (Å²) >= 11 is 0. The van der Waals surface area contributed by atoms with Crippen LogP contribution in [0.2, 0.25) is 0 Å². The Hall–Kier alpha value is -2.29. The zero-order chi connectivity index (χ0) is 19.7. The first-order valence-corrected chi connectivity index (χ1v) is 9.21. The van der Waals surface area contributed by atoms with Crippen molar-refractivity contribution >= 4 is 17.2 Å². The number of rotatable bonds is 2. The van der Waals surface area contributed by atoms with Gasteiger partial charge in [0, 0.05) is 11.8 Å². The molecule has 140 valence electrons. The number of benzene rings is 1. The zero-order valence-electron chi connectivity index (χ0n) is 17.1. The van der Waals surface area contributed by atoms with Gasteiger partial charge in [0.1, 0.15) is 0 Å². The van der Waals surface area contributed by atoms with Gasteiger partial charge in [-0.1, -0.05) is 59.8 Å². The fourth-order valence-electron chi connectivity index (χ4n) is 3.50. The van der Waals surface area contributed by atoms with Crippen LogP contribution in [0.5, 0.6) is 0 Å². The van der Waals surface area contributed by atoms with E-state index in [-0.39, 0.29) is 22.5 Å². The van der Waals surface area contributed by atoms with Crippen LogP contribution in [-0.2, 0) is 4.79 Å². The minimum atomic E-state index is -0.159. The number of hydrogen-bond donors (Lipinski definition) is 2. The Kier molecular flexibility index (Phi) is 5.50. The van der Waals surface area contributed by atoms with E-state index < -0.39 is 0 Å². The van der Waals surface area contributed by atoms with Gasteiger partial charge >= 0.3 is 0 Å². The second-order valence-electron chi connectivity index (χ2n) is 9.05. The summed E-state index contributed by atoms with van der Waals surface area (Å²) in [5.41, 5.74) is 10.3. The van der Waals surface area contributed by atoms with E-state index in [0.717, 1.165) is 11.3 Å². The number of carbonyl (C=O) groups excluding carboxylic acids is 1. The van der Waals surface area contributed by atoms with Crippen LogP contribution in [0.4, 0.5) is 11.4 Å². The Morgan fingerprint density at radius 1 is 1.08 bits per heavy atom. The lowest BCUT2D eigenvalue weighted by Crippen LogP contribution is -2.36. The van der Waals surface area contributed by atoms with E-state index >= 15 is 0 Å². The van der Waals surface area contributed by atoms with Gasteiger partial charge < -0.3 is 11.1 Å². The Labute approximate surface area is 158 Å². The van der Waals surface area contributed by atoms with E-state index in [1.807, 2.05) is 37.3 Å². The van der Waals surface area contributed by atoms with Gasteiger partial charge in [-0.15, -0.1) is 0 Å².